The van der Waals surface area contributed by atoms with E-state index in [4.69, 9.17) is 4.84 Å². The van der Waals surface area contributed by atoms with Gasteiger partial charge in [0.1, 0.15) is 0 Å². The van der Waals surface area contributed by atoms with Crippen molar-refractivity contribution in [2.45, 2.75) is 26.2 Å². The summed E-state index contributed by atoms with van der Waals surface area (Å²) in [5.41, 5.74) is 2.29. The van der Waals surface area contributed by atoms with Crippen molar-refractivity contribution in [1.82, 2.24) is 0 Å². The van der Waals surface area contributed by atoms with E-state index < -0.39 is 5.97 Å². The molecule has 1 aliphatic heterocycles. The summed E-state index contributed by atoms with van der Waals surface area (Å²) in [6, 6.07) is 16.7. The van der Waals surface area contributed by atoms with Gasteiger partial charge >= 0.3 is 5.97 Å². The maximum Gasteiger partial charge on any atom is 0.335 e. The summed E-state index contributed by atoms with van der Waals surface area (Å²) in [6.45, 7) is 1.99. The van der Waals surface area contributed by atoms with E-state index in [0.29, 0.717) is 12.0 Å². The molecule has 0 atom stereocenters. The van der Waals surface area contributed by atoms with Crippen LogP contribution >= 0.6 is 0 Å². The van der Waals surface area contributed by atoms with Gasteiger partial charge in [0.25, 0.3) is 5.91 Å². The van der Waals surface area contributed by atoms with Gasteiger partial charge in [-0.15, -0.1) is 0 Å². The van der Waals surface area contributed by atoms with Gasteiger partial charge < -0.3 is 4.84 Å². The minimum atomic E-state index is -0.423. The summed E-state index contributed by atoms with van der Waals surface area (Å²) in [6.07, 6.45) is 1.94. The van der Waals surface area contributed by atoms with E-state index in [1.165, 1.54) is 0 Å². The summed E-state index contributed by atoms with van der Waals surface area (Å²) in [5.74, 6) is -0.724. The van der Waals surface area contributed by atoms with E-state index in [0.717, 1.165) is 24.2 Å². The number of amides is 1. The van der Waals surface area contributed by atoms with E-state index in [1.807, 2.05) is 55.5 Å². The largest absolute Gasteiger partial charge is 0.335 e. The second-order valence-electron chi connectivity index (χ2n) is 5.50. The van der Waals surface area contributed by atoms with Crippen molar-refractivity contribution in [3.8, 4) is 0 Å². The second kappa shape index (κ2) is 7.08. The van der Waals surface area contributed by atoms with Gasteiger partial charge in [0.05, 0.1) is 5.69 Å². The molecule has 122 valence electrons. The number of rotatable bonds is 5. The summed E-state index contributed by atoms with van der Waals surface area (Å²) in [7, 11) is 0. The number of fused-ring (bicyclic) bond motifs is 1. The van der Waals surface area contributed by atoms with Crippen molar-refractivity contribution < 1.29 is 14.4 Å². The first kappa shape index (κ1) is 15.9. The molecule has 0 N–H and O–H groups in total. The lowest BCUT2D eigenvalue weighted by atomic mass is 10.1. The van der Waals surface area contributed by atoms with Crippen LogP contribution in [0, 0.1) is 0 Å². The molecule has 1 amide bonds. The fraction of sp³-hybridized carbons (Fsp3) is 0.211. The van der Waals surface area contributed by atoms with Crippen LogP contribution in [0.2, 0.25) is 0 Å². The number of hydrogen-bond donors (Lipinski definition) is 0. The molecule has 0 radical (unpaired) electrons. The second-order valence-corrected chi connectivity index (χ2v) is 5.50. The number of nitrogens with zero attached hydrogens (tertiary/aromatic N) is 2. The number of carbonyl (C=O) groups is 2. The Bertz CT molecular complexity index is 784. The van der Waals surface area contributed by atoms with Crippen LogP contribution in [0.1, 0.15) is 31.7 Å². The zero-order valence-electron chi connectivity index (χ0n) is 13.4. The molecule has 0 saturated carbocycles. The van der Waals surface area contributed by atoms with Crippen molar-refractivity contribution in [3.05, 3.63) is 60.2 Å². The number of benzene rings is 2. The van der Waals surface area contributed by atoms with Gasteiger partial charge in [-0.1, -0.05) is 54.9 Å². The molecule has 2 aromatic rings. The first-order chi connectivity index (χ1) is 11.7. The summed E-state index contributed by atoms with van der Waals surface area (Å²) in [5, 5.41) is 3.85. The fourth-order valence-corrected chi connectivity index (χ4v) is 2.58. The van der Waals surface area contributed by atoms with Crippen molar-refractivity contribution in [1.29, 1.82) is 0 Å². The minimum absolute atomic E-state index is 0.152. The molecule has 3 rings (SSSR count). The van der Waals surface area contributed by atoms with Crippen LogP contribution in [-0.4, -0.2) is 17.6 Å². The van der Waals surface area contributed by atoms with Gasteiger partial charge in [-0.25, -0.2) is 4.79 Å². The van der Waals surface area contributed by atoms with Crippen LogP contribution in [0.3, 0.4) is 0 Å². The lowest BCUT2D eigenvalue weighted by Crippen LogP contribution is -2.25. The standard InChI is InChI=1S/C19H18N2O3/c1-2-3-13-17(22)24-20-18-15-11-7-8-12-16(15)21(19(18)23)14-9-5-4-6-10-14/h4-12H,2-3,13H2,1H3/b20-18+. The molecule has 0 spiro atoms. The van der Waals surface area contributed by atoms with E-state index in [9.17, 15) is 9.59 Å². The lowest BCUT2D eigenvalue weighted by molar-refractivity contribution is -0.143. The van der Waals surface area contributed by atoms with E-state index in [-0.39, 0.29) is 11.6 Å². The fourth-order valence-electron chi connectivity index (χ4n) is 2.58. The third-order valence-corrected chi connectivity index (χ3v) is 3.79. The van der Waals surface area contributed by atoms with Gasteiger partial charge in [-0.05, 0) is 24.6 Å². The normalized spacial score (nSPS) is 14.8. The Hall–Kier alpha value is -2.95. The molecule has 5 heteroatoms. The van der Waals surface area contributed by atoms with Gasteiger partial charge in [-0.2, -0.15) is 0 Å². The van der Waals surface area contributed by atoms with Crippen molar-refractivity contribution in [2.75, 3.05) is 4.90 Å². The van der Waals surface area contributed by atoms with Crippen molar-refractivity contribution >= 4 is 29.0 Å². The van der Waals surface area contributed by atoms with Crippen LogP contribution in [-0.2, 0) is 14.4 Å². The quantitative estimate of drug-likeness (QED) is 0.621. The Morgan fingerprint density at radius 2 is 1.79 bits per heavy atom. The smallest absolute Gasteiger partial charge is 0.317 e. The number of hydrogen-bond acceptors (Lipinski definition) is 4. The number of oxime groups is 1. The van der Waals surface area contributed by atoms with Gasteiger partial charge in [0.2, 0.25) is 0 Å². The SMILES string of the molecule is CCCCC(=O)O/N=C1/C(=O)N(c2ccccc2)c2ccccc21. The predicted molar refractivity (Wildman–Crippen MR) is 92.2 cm³/mol. The van der Waals surface area contributed by atoms with Gasteiger partial charge in [0.15, 0.2) is 5.71 Å². The van der Waals surface area contributed by atoms with Crippen LogP contribution in [0.25, 0.3) is 0 Å². The molecule has 0 saturated heterocycles. The van der Waals surface area contributed by atoms with E-state index in [2.05, 4.69) is 5.16 Å². The average Bonchev–Trinajstić information content (AvgIpc) is 2.90. The zero-order chi connectivity index (χ0) is 16.9. The Morgan fingerprint density at radius 3 is 2.54 bits per heavy atom. The number of anilines is 2. The van der Waals surface area contributed by atoms with Gasteiger partial charge in [-0.3, -0.25) is 9.69 Å². The van der Waals surface area contributed by atoms with Crippen LogP contribution in [0.5, 0.6) is 0 Å². The number of carbonyl (C=O) groups excluding carboxylic acids is 2. The van der Waals surface area contributed by atoms with Gasteiger partial charge in [0, 0.05) is 17.7 Å². The van der Waals surface area contributed by atoms with E-state index >= 15 is 0 Å². The molecule has 1 aliphatic rings. The Morgan fingerprint density at radius 1 is 1.08 bits per heavy atom. The van der Waals surface area contributed by atoms with E-state index in [1.54, 1.807) is 11.0 Å². The third-order valence-electron chi connectivity index (χ3n) is 3.79. The molecule has 0 fully saturated rings. The molecule has 24 heavy (non-hydrogen) atoms. The monoisotopic (exact) mass is 322 g/mol. The lowest BCUT2D eigenvalue weighted by Gasteiger charge is -2.16. The number of unbranched alkanes of at least 4 members (excludes halogenated alkanes) is 1. The molecule has 0 bridgehead atoms. The molecule has 1 heterocycles. The highest BCUT2D eigenvalue weighted by Gasteiger charge is 2.35. The molecule has 2 aromatic carbocycles. The summed E-state index contributed by atoms with van der Waals surface area (Å²) >= 11 is 0. The Balaban J connectivity index is 1.92. The van der Waals surface area contributed by atoms with Crippen molar-refractivity contribution in [2.24, 2.45) is 5.16 Å². The first-order valence-electron chi connectivity index (χ1n) is 7.99. The van der Waals surface area contributed by atoms with Crippen LogP contribution in [0.15, 0.2) is 59.8 Å². The number of para-hydroxylation sites is 2. The highest BCUT2D eigenvalue weighted by atomic mass is 16.7. The maximum absolute atomic E-state index is 12.8. The maximum atomic E-state index is 12.8. The molecule has 5 nitrogen and oxygen atoms in total. The minimum Gasteiger partial charge on any atom is -0.317 e. The highest BCUT2D eigenvalue weighted by Crippen LogP contribution is 2.35. The van der Waals surface area contributed by atoms with Crippen molar-refractivity contribution in [3.63, 3.8) is 0 Å². The molecule has 0 aliphatic carbocycles. The third kappa shape index (κ3) is 3.06. The highest BCUT2D eigenvalue weighted by molar-refractivity contribution is 6.55. The molecular formula is C19H18N2O3. The molecule has 0 aromatic heterocycles. The zero-order valence-corrected chi connectivity index (χ0v) is 13.4. The molecule has 0 unspecified atom stereocenters. The summed E-state index contributed by atoms with van der Waals surface area (Å²) in [4.78, 5) is 31.0. The Kier molecular flexibility index (Phi) is 4.70. The first-order valence-corrected chi connectivity index (χ1v) is 7.99. The molecular weight excluding hydrogens is 304 g/mol. The predicted octanol–water partition coefficient (Wildman–Crippen LogP) is 3.80. The average molecular weight is 322 g/mol. The Labute approximate surface area is 140 Å². The topological polar surface area (TPSA) is 59.0 Å². The summed E-state index contributed by atoms with van der Waals surface area (Å²) < 4.78 is 0. The van der Waals surface area contributed by atoms with Crippen LogP contribution in [0.4, 0.5) is 11.4 Å². The van der Waals surface area contributed by atoms with Crippen LogP contribution < -0.4 is 4.90 Å².